The fraction of sp³-hybridized carbons (Fsp3) is 0.167. The van der Waals surface area contributed by atoms with E-state index in [2.05, 4.69) is 31.3 Å². The van der Waals surface area contributed by atoms with Gasteiger partial charge < -0.3 is 5.32 Å². The Morgan fingerprint density at radius 3 is 2.21 bits per heavy atom. The van der Waals surface area contributed by atoms with Crippen molar-refractivity contribution < 1.29 is 8.42 Å². The number of anilines is 1. The van der Waals surface area contributed by atoms with Crippen molar-refractivity contribution in [3.63, 3.8) is 0 Å². The molecular formula is C24H24N2O2S. The van der Waals surface area contributed by atoms with E-state index < -0.39 is 10.0 Å². The van der Waals surface area contributed by atoms with Crippen LogP contribution in [0, 0.1) is 0 Å². The van der Waals surface area contributed by atoms with Crippen LogP contribution in [-0.2, 0) is 16.6 Å². The largest absolute Gasteiger partial charge is 0.379 e. The first-order valence-corrected chi connectivity index (χ1v) is 11.1. The second kappa shape index (κ2) is 7.76. The van der Waals surface area contributed by atoms with Crippen molar-refractivity contribution in [3.8, 4) is 0 Å². The maximum atomic E-state index is 13.4. The van der Waals surface area contributed by atoms with Crippen molar-refractivity contribution in [2.45, 2.75) is 31.2 Å². The molecule has 4 nitrogen and oxygen atoms in total. The molecule has 0 radical (unpaired) electrons. The molecule has 0 aliphatic rings. The summed E-state index contributed by atoms with van der Waals surface area (Å²) >= 11 is 0. The van der Waals surface area contributed by atoms with Gasteiger partial charge in [-0.15, -0.1) is 0 Å². The summed E-state index contributed by atoms with van der Waals surface area (Å²) in [6.07, 6.45) is 0. The number of aromatic nitrogens is 1. The zero-order valence-electron chi connectivity index (χ0n) is 16.5. The summed E-state index contributed by atoms with van der Waals surface area (Å²) in [6.45, 7) is 4.73. The molecule has 1 aromatic heterocycles. The lowest BCUT2D eigenvalue weighted by Gasteiger charge is -2.14. The highest BCUT2D eigenvalue weighted by Gasteiger charge is 2.22. The first-order chi connectivity index (χ1) is 14.0. The third kappa shape index (κ3) is 3.78. The molecule has 0 atom stereocenters. The maximum absolute atomic E-state index is 13.4. The molecule has 1 heterocycles. The molecule has 0 fully saturated rings. The Hall–Kier alpha value is -3.05. The molecule has 0 aliphatic heterocycles. The Kier molecular flexibility index (Phi) is 5.16. The van der Waals surface area contributed by atoms with E-state index in [0.29, 0.717) is 23.7 Å². The van der Waals surface area contributed by atoms with E-state index >= 15 is 0 Å². The van der Waals surface area contributed by atoms with Gasteiger partial charge >= 0.3 is 0 Å². The summed E-state index contributed by atoms with van der Waals surface area (Å²) < 4.78 is 28.2. The van der Waals surface area contributed by atoms with Crippen LogP contribution in [0.4, 0.5) is 5.69 Å². The molecule has 0 saturated heterocycles. The highest BCUT2D eigenvalue weighted by Crippen LogP contribution is 2.26. The molecular weight excluding hydrogens is 380 g/mol. The smallest absolute Gasteiger partial charge is 0.268 e. The van der Waals surface area contributed by atoms with Gasteiger partial charge in [-0.1, -0.05) is 62.4 Å². The quantitative estimate of drug-likeness (QED) is 0.454. The highest BCUT2D eigenvalue weighted by atomic mass is 32.2. The molecule has 0 saturated carbocycles. The van der Waals surface area contributed by atoms with Gasteiger partial charge in [-0.25, -0.2) is 12.4 Å². The molecule has 4 aromatic rings. The predicted octanol–water partition coefficient (Wildman–Crippen LogP) is 5.61. The average Bonchev–Trinajstić information content (AvgIpc) is 3.12. The standard InChI is InChI=1S/C24H24N2O2S/c1-18(2)19-12-14-21(15-13-19)25-17-22-16-20-8-6-7-11-24(20)26(22)29(27,28)23-9-4-3-5-10-23/h3-16,18,25H,17H2,1-2H3. The summed E-state index contributed by atoms with van der Waals surface area (Å²) in [6, 6.07) is 26.3. The first-order valence-electron chi connectivity index (χ1n) is 9.70. The van der Waals surface area contributed by atoms with Crippen molar-refractivity contribution >= 4 is 26.6 Å². The van der Waals surface area contributed by atoms with E-state index in [1.807, 2.05) is 48.5 Å². The van der Waals surface area contributed by atoms with E-state index in [4.69, 9.17) is 0 Å². The molecule has 1 N–H and O–H groups in total. The molecule has 0 aliphatic carbocycles. The third-order valence-corrected chi connectivity index (χ3v) is 6.85. The molecule has 0 bridgehead atoms. The number of fused-ring (bicyclic) bond motifs is 1. The van der Waals surface area contributed by atoms with Gasteiger partial charge in [-0.3, -0.25) is 0 Å². The number of nitrogens with zero attached hydrogens (tertiary/aromatic N) is 1. The van der Waals surface area contributed by atoms with E-state index in [0.717, 1.165) is 11.1 Å². The minimum Gasteiger partial charge on any atom is -0.379 e. The van der Waals surface area contributed by atoms with Crippen LogP contribution in [0.1, 0.15) is 31.0 Å². The van der Waals surface area contributed by atoms with Crippen molar-refractivity contribution in [1.29, 1.82) is 0 Å². The van der Waals surface area contributed by atoms with Crippen molar-refractivity contribution in [1.82, 2.24) is 3.97 Å². The van der Waals surface area contributed by atoms with Crippen molar-refractivity contribution in [2.24, 2.45) is 0 Å². The number of para-hydroxylation sites is 1. The van der Waals surface area contributed by atoms with Crippen LogP contribution < -0.4 is 5.32 Å². The molecule has 3 aromatic carbocycles. The Morgan fingerprint density at radius 1 is 0.862 bits per heavy atom. The van der Waals surface area contributed by atoms with Gasteiger partial charge in [0.25, 0.3) is 10.0 Å². The third-order valence-electron chi connectivity index (χ3n) is 5.07. The minimum absolute atomic E-state index is 0.281. The molecule has 29 heavy (non-hydrogen) atoms. The second-order valence-electron chi connectivity index (χ2n) is 7.41. The van der Waals surface area contributed by atoms with Crippen LogP contribution in [0.3, 0.4) is 0 Å². The second-order valence-corrected chi connectivity index (χ2v) is 9.19. The number of hydrogen-bond donors (Lipinski definition) is 1. The lowest BCUT2D eigenvalue weighted by atomic mass is 10.0. The van der Waals surface area contributed by atoms with Gasteiger partial charge in [-0.2, -0.15) is 0 Å². The van der Waals surface area contributed by atoms with Gasteiger partial charge in [0.05, 0.1) is 22.7 Å². The number of hydrogen-bond acceptors (Lipinski definition) is 3. The molecule has 0 unspecified atom stereocenters. The fourth-order valence-electron chi connectivity index (χ4n) is 3.47. The summed E-state index contributed by atoms with van der Waals surface area (Å²) in [5.74, 6) is 0.475. The van der Waals surface area contributed by atoms with Crippen LogP contribution in [0.5, 0.6) is 0 Å². The van der Waals surface area contributed by atoms with E-state index in [1.165, 1.54) is 9.54 Å². The van der Waals surface area contributed by atoms with Crippen LogP contribution >= 0.6 is 0 Å². The molecule has 4 rings (SSSR count). The molecule has 0 amide bonds. The lowest BCUT2D eigenvalue weighted by molar-refractivity contribution is 0.587. The van der Waals surface area contributed by atoms with Crippen LogP contribution in [0.2, 0.25) is 0 Å². The topological polar surface area (TPSA) is 51.1 Å². The first kappa shape index (κ1) is 19.3. The van der Waals surface area contributed by atoms with Gasteiger partial charge in [-0.05, 0) is 47.9 Å². The molecule has 5 heteroatoms. The fourth-order valence-corrected chi connectivity index (χ4v) is 5.03. The van der Waals surface area contributed by atoms with Crippen LogP contribution in [-0.4, -0.2) is 12.4 Å². The Balaban J connectivity index is 1.72. The van der Waals surface area contributed by atoms with E-state index in [1.54, 1.807) is 24.3 Å². The summed E-state index contributed by atoms with van der Waals surface area (Å²) in [4.78, 5) is 0.281. The predicted molar refractivity (Wildman–Crippen MR) is 119 cm³/mol. The Labute approximate surface area is 171 Å². The zero-order valence-corrected chi connectivity index (χ0v) is 17.4. The van der Waals surface area contributed by atoms with Gasteiger partial charge in [0.15, 0.2) is 0 Å². The number of nitrogens with one attached hydrogen (secondary N) is 1. The van der Waals surface area contributed by atoms with E-state index in [-0.39, 0.29) is 4.90 Å². The van der Waals surface area contributed by atoms with Crippen molar-refractivity contribution in [2.75, 3.05) is 5.32 Å². The monoisotopic (exact) mass is 404 g/mol. The average molecular weight is 405 g/mol. The summed E-state index contributed by atoms with van der Waals surface area (Å²) in [7, 11) is -3.70. The summed E-state index contributed by atoms with van der Waals surface area (Å²) in [5.41, 5.74) is 3.62. The molecule has 0 spiro atoms. The van der Waals surface area contributed by atoms with Crippen molar-refractivity contribution in [3.05, 3.63) is 96.2 Å². The van der Waals surface area contributed by atoms with Crippen LogP contribution in [0.15, 0.2) is 89.8 Å². The Bertz CT molecular complexity index is 1230. The van der Waals surface area contributed by atoms with Gasteiger partial charge in [0.1, 0.15) is 0 Å². The highest BCUT2D eigenvalue weighted by molar-refractivity contribution is 7.90. The van der Waals surface area contributed by atoms with E-state index in [9.17, 15) is 8.42 Å². The lowest BCUT2D eigenvalue weighted by Crippen LogP contribution is -2.17. The van der Waals surface area contributed by atoms with Crippen LogP contribution in [0.25, 0.3) is 10.9 Å². The maximum Gasteiger partial charge on any atom is 0.268 e. The number of benzene rings is 3. The van der Waals surface area contributed by atoms with Gasteiger partial charge in [0.2, 0.25) is 0 Å². The zero-order chi connectivity index (χ0) is 20.4. The molecule has 148 valence electrons. The SMILES string of the molecule is CC(C)c1ccc(NCc2cc3ccccc3n2S(=O)(=O)c2ccccc2)cc1. The minimum atomic E-state index is -3.70. The van der Waals surface area contributed by atoms with Gasteiger partial charge in [0, 0.05) is 11.1 Å². The summed E-state index contributed by atoms with van der Waals surface area (Å²) in [5, 5.41) is 4.27. The number of rotatable bonds is 6. The normalized spacial score (nSPS) is 11.8. The Morgan fingerprint density at radius 2 is 1.52 bits per heavy atom.